The minimum atomic E-state index is -0.105. The molecule has 20 heavy (non-hydrogen) atoms. The highest BCUT2D eigenvalue weighted by Crippen LogP contribution is 2.19. The fourth-order valence-corrected chi connectivity index (χ4v) is 1.74. The lowest BCUT2D eigenvalue weighted by atomic mass is 10.2. The van der Waals surface area contributed by atoms with Crippen molar-refractivity contribution >= 4 is 28.8 Å². The Morgan fingerprint density at radius 1 is 1.05 bits per heavy atom. The summed E-state index contributed by atoms with van der Waals surface area (Å²) in [6.07, 6.45) is 1.62. The Morgan fingerprint density at radius 2 is 1.70 bits per heavy atom. The molecule has 0 aliphatic heterocycles. The van der Waals surface area contributed by atoms with Crippen LogP contribution < -0.4 is 15.5 Å². The predicted molar refractivity (Wildman–Crippen MR) is 82.6 cm³/mol. The molecule has 0 saturated heterocycles. The molecule has 1 aromatic carbocycles. The summed E-state index contributed by atoms with van der Waals surface area (Å²) in [6.45, 7) is 1.47. The van der Waals surface area contributed by atoms with Crippen molar-refractivity contribution in [3.63, 3.8) is 0 Å². The summed E-state index contributed by atoms with van der Waals surface area (Å²) < 4.78 is 0. The number of nitrogens with zero attached hydrogens (tertiary/aromatic N) is 2. The van der Waals surface area contributed by atoms with Gasteiger partial charge in [-0.3, -0.25) is 4.79 Å². The van der Waals surface area contributed by atoms with Crippen molar-refractivity contribution in [2.45, 2.75) is 6.92 Å². The normalized spacial score (nSPS) is 9.95. The van der Waals surface area contributed by atoms with Crippen molar-refractivity contribution in [1.29, 1.82) is 0 Å². The van der Waals surface area contributed by atoms with Crippen molar-refractivity contribution in [2.75, 3.05) is 29.6 Å². The maximum atomic E-state index is 10.9. The molecule has 0 unspecified atom stereocenters. The summed E-state index contributed by atoms with van der Waals surface area (Å²) in [5, 5.41) is 5.89. The highest BCUT2D eigenvalue weighted by Gasteiger charge is 2.00. The first kappa shape index (κ1) is 13.9. The van der Waals surface area contributed by atoms with E-state index in [9.17, 15) is 4.79 Å². The van der Waals surface area contributed by atoms with E-state index in [4.69, 9.17) is 0 Å². The van der Waals surface area contributed by atoms with Gasteiger partial charge in [0, 0.05) is 32.4 Å². The Morgan fingerprint density at radius 3 is 2.20 bits per heavy atom. The third kappa shape index (κ3) is 3.71. The quantitative estimate of drug-likeness (QED) is 0.897. The molecule has 5 heteroatoms. The second-order valence-corrected chi connectivity index (χ2v) is 4.68. The van der Waals surface area contributed by atoms with Gasteiger partial charge in [-0.25, -0.2) is 4.98 Å². The molecule has 5 nitrogen and oxygen atoms in total. The lowest BCUT2D eigenvalue weighted by molar-refractivity contribution is -0.114. The molecule has 1 amide bonds. The number of benzene rings is 1. The summed E-state index contributed by atoms with van der Waals surface area (Å²) in [6, 6.07) is 11.7. The van der Waals surface area contributed by atoms with E-state index in [1.807, 2.05) is 55.4 Å². The molecule has 0 fully saturated rings. The molecule has 0 spiro atoms. The lowest BCUT2D eigenvalue weighted by Crippen LogP contribution is -2.08. The second-order valence-electron chi connectivity index (χ2n) is 4.68. The molecular formula is C15H18N4O. The van der Waals surface area contributed by atoms with Gasteiger partial charge in [0.05, 0.1) is 11.9 Å². The van der Waals surface area contributed by atoms with E-state index < -0.39 is 0 Å². The van der Waals surface area contributed by atoms with Gasteiger partial charge in [-0.15, -0.1) is 0 Å². The van der Waals surface area contributed by atoms with Gasteiger partial charge in [-0.2, -0.15) is 0 Å². The predicted octanol–water partition coefficient (Wildman–Crippen LogP) is 2.85. The maximum Gasteiger partial charge on any atom is 0.221 e. The number of carbonyl (C=O) groups is 1. The molecule has 0 saturated carbocycles. The molecule has 0 bridgehead atoms. The Kier molecular flexibility index (Phi) is 4.20. The molecule has 2 aromatic rings. The van der Waals surface area contributed by atoms with E-state index in [-0.39, 0.29) is 5.91 Å². The van der Waals surface area contributed by atoms with Gasteiger partial charge in [-0.05, 0) is 36.4 Å². The zero-order chi connectivity index (χ0) is 14.5. The molecule has 104 valence electrons. The minimum Gasteiger partial charge on any atom is -0.378 e. The summed E-state index contributed by atoms with van der Waals surface area (Å²) in [7, 11) is 4.01. The van der Waals surface area contributed by atoms with Gasteiger partial charge >= 0.3 is 0 Å². The van der Waals surface area contributed by atoms with E-state index in [0.29, 0.717) is 5.69 Å². The number of hydrogen-bond acceptors (Lipinski definition) is 4. The third-order valence-electron chi connectivity index (χ3n) is 2.74. The molecule has 1 aromatic heterocycles. The van der Waals surface area contributed by atoms with Crippen LogP contribution in [0.15, 0.2) is 42.6 Å². The Balaban J connectivity index is 2.04. The number of anilines is 4. The molecule has 2 rings (SSSR count). The van der Waals surface area contributed by atoms with E-state index in [1.54, 1.807) is 6.20 Å². The van der Waals surface area contributed by atoms with E-state index in [1.165, 1.54) is 6.92 Å². The van der Waals surface area contributed by atoms with Gasteiger partial charge in [0.1, 0.15) is 5.82 Å². The Labute approximate surface area is 118 Å². The van der Waals surface area contributed by atoms with Crippen LogP contribution in [0.3, 0.4) is 0 Å². The van der Waals surface area contributed by atoms with Crippen LogP contribution >= 0.6 is 0 Å². The highest BCUT2D eigenvalue weighted by molar-refractivity contribution is 5.88. The summed E-state index contributed by atoms with van der Waals surface area (Å²) in [5.74, 6) is 0.628. The van der Waals surface area contributed by atoms with Crippen molar-refractivity contribution in [1.82, 2.24) is 4.98 Å². The first-order chi connectivity index (χ1) is 9.54. The summed E-state index contributed by atoms with van der Waals surface area (Å²) >= 11 is 0. The average molecular weight is 270 g/mol. The zero-order valence-electron chi connectivity index (χ0n) is 11.8. The molecule has 0 radical (unpaired) electrons. The van der Waals surface area contributed by atoms with Crippen molar-refractivity contribution in [3.05, 3.63) is 42.6 Å². The summed E-state index contributed by atoms with van der Waals surface area (Å²) in [4.78, 5) is 17.2. The smallest absolute Gasteiger partial charge is 0.221 e. The van der Waals surface area contributed by atoms with Crippen molar-refractivity contribution in [3.8, 4) is 0 Å². The van der Waals surface area contributed by atoms with E-state index >= 15 is 0 Å². The Bertz CT molecular complexity index is 576. The van der Waals surface area contributed by atoms with Gasteiger partial charge in [0.25, 0.3) is 0 Å². The number of aromatic nitrogens is 1. The fourth-order valence-electron chi connectivity index (χ4n) is 1.74. The van der Waals surface area contributed by atoms with Gasteiger partial charge in [-0.1, -0.05) is 0 Å². The van der Waals surface area contributed by atoms with Crippen LogP contribution in [0.25, 0.3) is 0 Å². The topological polar surface area (TPSA) is 57.3 Å². The molecular weight excluding hydrogens is 252 g/mol. The summed E-state index contributed by atoms with van der Waals surface area (Å²) in [5.41, 5.74) is 2.80. The average Bonchev–Trinajstić information content (AvgIpc) is 2.41. The number of pyridine rings is 1. The van der Waals surface area contributed by atoms with Gasteiger partial charge in [0.15, 0.2) is 0 Å². The van der Waals surface area contributed by atoms with Crippen LogP contribution in [0.1, 0.15) is 6.92 Å². The first-order valence-corrected chi connectivity index (χ1v) is 6.32. The molecule has 0 aliphatic rings. The van der Waals surface area contributed by atoms with Crippen LogP contribution in [0.5, 0.6) is 0 Å². The molecule has 0 atom stereocenters. The van der Waals surface area contributed by atoms with Crippen LogP contribution in [-0.4, -0.2) is 25.0 Å². The van der Waals surface area contributed by atoms with Crippen molar-refractivity contribution in [2.24, 2.45) is 0 Å². The maximum absolute atomic E-state index is 10.9. The second kappa shape index (κ2) is 6.06. The number of nitrogens with one attached hydrogen (secondary N) is 2. The molecule has 1 heterocycles. The van der Waals surface area contributed by atoms with Crippen LogP contribution in [0, 0.1) is 0 Å². The Hall–Kier alpha value is -2.56. The highest BCUT2D eigenvalue weighted by atomic mass is 16.1. The van der Waals surface area contributed by atoms with Crippen LogP contribution in [-0.2, 0) is 4.79 Å². The standard InChI is InChI=1S/C15H18N4O/c1-11(20)17-13-6-9-15(16-10-13)18-12-4-7-14(8-5-12)19(2)3/h4-10H,1-3H3,(H,16,18)(H,17,20). The lowest BCUT2D eigenvalue weighted by Gasteiger charge is -2.13. The third-order valence-corrected chi connectivity index (χ3v) is 2.74. The number of amides is 1. The number of carbonyl (C=O) groups excluding carboxylic acids is 1. The fraction of sp³-hybridized carbons (Fsp3) is 0.200. The monoisotopic (exact) mass is 270 g/mol. The van der Waals surface area contributed by atoms with Crippen molar-refractivity contribution < 1.29 is 4.79 Å². The minimum absolute atomic E-state index is 0.105. The zero-order valence-corrected chi connectivity index (χ0v) is 11.8. The van der Waals surface area contributed by atoms with Crippen LogP contribution in [0.2, 0.25) is 0 Å². The van der Waals surface area contributed by atoms with Gasteiger partial charge < -0.3 is 15.5 Å². The van der Waals surface area contributed by atoms with Crippen LogP contribution in [0.4, 0.5) is 22.9 Å². The van der Waals surface area contributed by atoms with Gasteiger partial charge in [0.2, 0.25) is 5.91 Å². The number of rotatable bonds is 4. The molecule has 0 aliphatic carbocycles. The first-order valence-electron chi connectivity index (χ1n) is 6.32. The number of hydrogen-bond donors (Lipinski definition) is 2. The molecule has 2 N–H and O–H groups in total. The largest absolute Gasteiger partial charge is 0.378 e. The SMILES string of the molecule is CC(=O)Nc1ccc(Nc2ccc(N(C)C)cc2)nc1. The van der Waals surface area contributed by atoms with E-state index in [2.05, 4.69) is 15.6 Å². The van der Waals surface area contributed by atoms with E-state index in [0.717, 1.165) is 17.2 Å².